The number of carbonyl (C=O) groups excluding carboxylic acids is 2. The monoisotopic (exact) mass is 446 g/mol. The zero-order valence-corrected chi connectivity index (χ0v) is 19.1. The fraction of sp³-hybridized carbons (Fsp3) is 0.440. The summed E-state index contributed by atoms with van der Waals surface area (Å²) in [5, 5.41) is 3.00. The van der Waals surface area contributed by atoms with Crippen molar-refractivity contribution in [3.05, 3.63) is 60.4 Å². The zero-order chi connectivity index (χ0) is 22.9. The maximum Gasteiger partial charge on any atom is 0.271 e. The van der Waals surface area contributed by atoms with Crippen molar-refractivity contribution in [1.29, 1.82) is 0 Å². The standard InChI is InChI=1S/C25H30N6O2/c1-17(2)27-25(33)23-21-14-19-8-9-20(31(19)22(32)10-12-29-13-11-26-16-29)15-30(21)24(28-23)18-6-4-3-5-7-18/h3-7,11,13,16-17,19-20H,8-10,12,14-15H2,1-2H3,(H,27,33)/t19-,20+/m0/s1. The van der Waals surface area contributed by atoms with Crippen molar-refractivity contribution in [2.24, 2.45) is 0 Å². The minimum Gasteiger partial charge on any atom is -0.348 e. The van der Waals surface area contributed by atoms with Crippen LogP contribution in [0.4, 0.5) is 0 Å². The molecule has 33 heavy (non-hydrogen) atoms. The Morgan fingerprint density at radius 2 is 1.94 bits per heavy atom. The van der Waals surface area contributed by atoms with Crippen LogP contribution >= 0.6 is 0 Å². The highest BCUT2D eigenvalue weighted by Crippen LogP contribution is 2.36. The van der Waals surface area contributed by atoms with E-state index >= 15 is 0 Å². The van der Waals surface area contributed by atoms with Gasteiger partial charge in [-0.05, 0) is 26.7 Å². The lowest BCUT2D eigenvalue weighted by atomic mass is 10.0. The van der Waals surface area contributed by atoms with Crippen LogP contribution < -0.4 is 5.32 Å². The van der Waals surface area contributed by atoms with E-state index in [4.69, 9.17) is 4.98 Å². The van der Waals surface area contributed by atoms with E-state index in [1.807, 2.05) is 54.9 Å². The number of hydrogen-bond acceptors (Lipinski definition) is 4. The molecule has 8 heteroatoms. The number of carbonyl (C=O) groups is 2. The van der Waals surface area contributed by atoms with Crippen LogP contribution in [-0.4, -0.2) is 53.9 Å². The average Bonchev–Trinajstić information content (AvgIpc) is 3.50. The van der Waals surface area contributed by atoms with Gasteiger partial charge in [0.1, 0.15) is 11.5 Å². The van der Waals surface area contributed by atoms with Gasteiger partial charge in [-0.15, -0.1) is 0 Å². The highest BCUT2D eigenvalue weighted by Gasteiger charge is 2.42. The normalized spacial score (nSPS) is 19.4. The molecule has 1 aromatic carbocycles. The van der Waals surface area contributed by atoms with Crippen LogP contribution in [0.25, 0.3) is 11.4 Å². The van der Waals surface area contributed by atoms with Crippen LogP contribution in [0.3, 0.4) is 0 Å². The van der Waals surface area contributed by atoms with E-state index in [0.717, 1.165) is 29.9 Å². The lowest BCUT2D eigenvalue weighted by molar-refractivity contribution is -0.134. The first-order chi connectivity index (χ1) is 16.0. The molecule has 0 aliphatic carbocycles. The maximum absolute atomic E-state index is 13.3. The van der Waals surface area contributed by atoms with E-state index < -0.39 is 0 Å². The van der Waals surface area contributed by atoms with Crippen molar-refractivity contribution in [3.8, 4) is 11.4 Å². The van der Waals surface area contributed by atoms with Gasteiger partial charge in [-0.25, -0.2) is 9.97 Å². The Morgan fingerprint density at radius 1 is 1.15 bits per heavy atom. The fourth-order valence-corrected chi connectivity index (χ4v) is 5.16. The molecule has 2 amide bonds. The van der Waals surface area contributed by atoms with Gasteiger partial charge in [0.25, 0.3) is 5.91 Å². The average molecular weight is 447 g/mol. The number of aryl methyl sites for hydroxylation is 1. The highest BCUT2D eigenvalue weighted by molar-refractivity contribution is 5.94. The summed E-state index contributed by atoms with van der Waals surface area (Å²) in [6.45, 7) is 5.19. The minimum atomic E-state index is -0.147. The van der Waals surface area contributed by atoms with Crippen molar-refractivity contribution in [3.63, 3.8) is 0 Å². The molecule has 2 atom stereocenters. The van der Waals surface area contributed by atoms with Gasteiger partial charge in [-0.3, -0.25) is 9.59 Å². The van der Waals surface area contributed by atoms with Crippen molar-refractivity contribution in [1.82, 2.24) is 29.3 Å². The molecule has 2 aliphatic heterocycles. The predicted molar refractivity (Wildman–Crippen MR) is 124 cm³/mol. The SMILES string of the molecule is CC(C)NC(=O)c1nc(-c2ccccc2)n2c1C[C@@H]1CC[C@H](C2)N1C(=O)CCn1ccnc1. The second-order valence-electron chi connectivity index (χ2n) is 9.28. The third-order valence-corrected chi connectivity index (χ3v) is 6.61. The van der Waals surface area contributed by atoms with E-state index in [-0.39, 0.29) is 29.9 Å². The van der Waals surface area contributed by atoms with Crippen LogP contribution in [0, 0.1) is 0 Å². The first-order valence-corrected chi connectivity index (χ1v) is 11.7. The number of nitrogens with zero attached hydrogens (tertiary/aromatic N) is 5. The van der Waals surface area contributed by atoms with Gasteiger partial charge in [0.15, 0.2) is 0 Å². The van der Waals surface area contributed by atoms with Crippen LogP contribution in [0.2, 0.25) is 0 Å². The Morgan fingerprint density at radius 3 is 2.67 bits per heavy atom. The summed E-state index contributed by atoms with van der Waals surface area (Å²) in [7, 11) is 0. The van der Waals surface area contributed by atoms with Crippen LogP contribution in [-0.2, 0) is 24.3 Å². The Kier molecular flexibility index (Phi) is 5.74. The van der Waals surface area contributed by atoms with Gasteiger partial charge in [0, 0.05) is 56.0 Å². The molecule has 2 aliphatic rings. The number of rotatable bonds is 6. The second kappa shape index (κ2) is 8.84. The first kappa shape index (κ1) is 21.4. The molecule has 172 valence electrons. The van der Waals surface area contributed by atoms with Crippen molar-refractivity contribution < 1.29 is 9.59 Å². The number of fused-ring (bicyclic) bond motifs is 3. The summed E-state index contributed by atoms with van der Waals surface area (Å²) in [5.74, 6) is 0.828. The number of nitrogens with one attached hydrogen (secondary N) is 1. The largest absolute Gasteiger partial charge is 0.348 e. The second-order valence-corrected chi connectivity index (χ2v) is 9.28. The molecular weight excluding hydrogens is 416 g/mol. The number of hydrogen-bond donors (Lipinski definition) is 1. The van der Waals surface area contributed by atoms with Crippen LogP contribution in [0.5, 0.6) is 0 Å². The summed E-state index contributed by atoms with van der Waals surface area (Å²) in [4.78, 5) is 37.3. The highest BCUT2D eigenvalue weighted by atomic mass is 16.2. The Balaban J connectivity index is 1.47. The van der Waals surface area contributed by atoms with Crippen molar-refractivity contribution in [2.75, 3.05) is 0 Å². The van der Waals surface area contributed by atoms with E-state index in [1.54, 1.807) is 12.5 Å². The zero-order valence-electron chi connectivity index (χ0n) is 19.1. The minimum absolute atomic E-state index is 0.0264. The van der Waals surface area contributed by atoms with Crippen molar-refractivity contribution in [2.45, 2.75) is 70.7 Å². The summed E-state index contributed by atoms with van der Waals surface area (Å²) >= 11 is 0. The fourth-order valence-electron chi connectivity index (χ4n) is 5.16. The molecule has 4 heterocycles. The van der Waals surface area contributed by atoms with E-state index in [9.17, 15) is 9.59 Å². The summed E-state index contributed by atoms with van der Waals surface area (Å²) in [5.41, 5.74) is 2.41. The van der Waals surface area contributed by atoms with Crippen molar-refractivity contribution >= 4 is 11.8 Å². The number of aromatic nitrogens is 4. The molecule has 2 aromatic heterocycles. The molecule has 8 nitrogen and oxygen atoms in total. The van der Waals surface area contributed by atoms with Crippen LogP contribution in [0.1, 0.15) is 49.3 Å². The lowest BCUT2D eigenvalue weighted by Crippen LogP contribution is -2.42. The smallest absolute Gasteiger partial charge is 0.271 e. The van der Waals surface area contributed by atoms with E-state index in [1.165, 1.54) is 0 Å². The van der Waals surface area contributed by atoms with Gasteiger partial charge >= 0.3 is 0 Å². The Labute approximate surface area is 193 Å². The third kappa shape index (κ3) is 4.17. The summed E-state index contributed by atoms with van der Waals surface area (Å²) < 4.78 is 4.12. The molecule has 0 saturated carbocycles. The number of imidazole rings is 2. The van der Waals surface area contributed by atoms with Gasteiger partial charge in [-0.1, -0.05) is 30.3 Å². The molecule has 0 spiro atoms. The molecule has 1 saturated heterocycles. The molecule has 5 rings (SSSR count). The van der Waals surface area contributed by atoms with Crippen LogP contribution in [0.15, 0.2) is 49.1 Å². The lowest BCUT2D eigenvalue weighted by Gasteiger charge is -2.28. The molecular formula is C25H30N6O2. The van der Waals surface area contributed by atoms with E-state index in [0.29, 0.717) is 31.6 Å². The topological polar surface area (TPSA) is 85.0 Å². The Hall–Kier alpha value is -3.42. The molecule has 1 N–H and O–H groups in total. The third-order valence-electron chi connectivity index (χ3n) is 6.61. The van der Waals surface area contributed by atoms with Gasteiger partial charge in [0.05, 0.1) is 18.1 Å². The Bertz CT molecular complexity index is 1140. The molecule has 3 aromatic rings. The quantitative estimate of drug-likeness (QED) is 0.631. The van der Waals surface area contributed by atoms with Gasteiger partial charge < -0.3 is 19.4 Å². The molecule has 2 bridgehead atoms. The predicted octanol–water partition coefficient (Wildman–Crippen LogP) is 2.89. The molecule has 0 radical (unpaired) electrons. The maximum atomic E-state index is 13.3. The first-order valence-electron chi connectivity index (χ1n) is 11.7. The molecule has 0 unspecified atom stereocenters. The number of amides is 2. The summed E-state index contributed by atoms with van der Waals surface area (Å²) in [6, 6.07) is 10.2. The number of benzene rings is 1. The summed E-state index contributed by atoms with van der Waals surface area (Å²) in [6.07, 6.45) is 8.38. The molecule has 1 fully saturated rings. The van der Waals surface area contributed by atoms with E-state index in [2.05, 4.69) is 19.8 Å². The van der Waals surface area contributed by atoms with Gasteiger partial charge in [-0.2, -0.15) is 0 Å². The van der Waals surface area contributed by atoms with Gasteiger partial charge in [0.2, 0.25) is 5.91 Å².